The van der Waals surface area contributed by atoms with Crippen LogP contribution in [0, 0.1) is 0 Å². The van der Waals surface area contributed by atoms with Crippen LogP contribution in [0.5, 0.6) is 0 Å². The zero-order valence-electron chi connectivity index (χ0n) is 16.2. The van der Waals surface area contributed by atoms with Gasteiger partial charge in [0.25, 0.3) is 0 Å². The molecule has 8 heteroatoms. The Hall–Kier alpha value is -2.38. The zero-order valence-corrected chi connectivity index (χ0v) is 16.2. The molecule has 0 atom stereocenters. The fourth-order valence-corrected chi connectivity index (χ4v) is 2.75. The van der Waals surface area contributed by atoms with E-state index in [0.29, 0.717) is 31.2 Å². The second-order valence-electron chi connectivity index (χ2n) is 7.30. The van der Waals surface area contributed by atoms with Gasteiger partial charge in [-0.3, -0.25) is 0 Å². The van der Waals surface area contributed by atoms with Gasteiger partial charge in [-0.15, -0.1) is 0 Å². The van der Waals surface area contributed by atoms with Gasteiger partial charge in [0.1, 0.15) is 5.60 Å². The standard InChI is InChI=1S/C18H28N4O4/c1-6-25-15(23)13-11-19-16(20-12-13)21(5)14-7-9-22(10-8-14)17(24)26-18(2,3)4/h11-12,14H,6-10H2,1-5H3. The number of ether oxygens (including phenoxy) is 2. The van der Waals surface area contributed by atoms with Crippen LogP contribution in [-0.4, -0.2) is 65.3 Å². The highest BCUT2D eigenvalue weighted by Crippen LogP contribution is 2.21. The summed E-state index contributed by atoms with van der Waals surface area (Å²) in [6.45, 7) is 8.92. The Morgan fingerprint density at radius 2 is 1.81 bits per heavy atom. The number of nitrogens with zero attached hydrogens (tertiary/aromatic N) is 4. The van der Waals surface area contributed by atoms with Crippen molar-refractivity contribution in [3.8, 4) is 0 Å². The predicted molar refractivity (Wildman–Crippen MR) is 97.2 cm³/mol. The summed E-state index contributed by atoms with van der Waals surface area (Å²) in [6.07, 6.45) is 4.30. The van der Waals surface area contributed by atoms with Crippen molar-refractivity contribution in [2.45, 2.75) is 52.2 Å². The molecular weight excluding hydrogens is 336 g/mol. The molecule has 0 spiro atoms. The third-order valence-corrected chi connectivity index (χ3v) is 4.13. The van der Waals surface area contributed by atoms with Gasteiger partial charge in [-0.05, 0) is 40.5 Å². The van der Waals surface area contributed by atoms with Gasteiger partial charge < -0.3 is 19.3 Å². The molecule has 2 rings (SSSR count). The average Bonchev–Trinajstić information content (AvgIpc) is 2.60. The van der Waals surface area contributed by atoms with Crippen molar-refractivity contribution >= 4 is 18.0 Å². The topological polar surface area (TPSA) is 84.9 Å². The molecule has 0 bridgehead atoms. The van der Waals surface area contributed by atoms with Crippen LogP contribution in [0.4, 0.5) is 10.7 Å². The Balaban J connectivity index is 1.90. The molecule has 1 amide bonds. The Kier molecular flexibility index (Phi) is 6.39. The quantitative estimate of drug-likeness (QED) is 0.759. The first kappa shape index (κ1) is 19.9. The largest absolute Gasteiger partial charge is 0.462 e. The number of likely N-dealkylation sites (tertiary alicyclic amines) is 1. The number of esters is 1. The normalized spacial score (nSPS) is 15.5. The molecule has 1 fully saturated rings. The van der Waals surface area contributed by atoms with Crippen LogP contribution >= 0.6 is 0 Å². The lowest BCUT2D eigenvalue weighted by molar-refractivity contribution is 0.0205. The molecular formula is C18H28N4O4. The van der Waals surface area contributed by atoms with Crippen molar-refractivity contribution in [1.29, 1.82) is 0 Å². The molecule has 8 nitrogen and oxygen atoms in total. The van der Waals surface area contributed by atoms with Gasteiger partial charge in [0.15, 0.2) is 0 Å². The van der Waals surface area contributed by atoms with Gasteiger partial charge in [0.2, 0.25) is 5.95 Å². The first-order chi connectivity index (χ1) is 12.2. The van der Waals surface area contributed by atoms with Crippen LogP contribution in [0.2, 0.25) is 0 Å². The summed E-state index contributed by atoms with van der Waals surface area (Å²) in [4.78, 5) is 36.1. The Bertz CT molecular complexity index is 619. The summed E-state index contributed by atoms with van der Waals surface area (Å²) >= 11 is 0. The highest BCUT2D eigenvalue weighted by Gasteiger charge is 2.29. The molecule has 0 radical (unpaired) electrons. The van der Waals surface area contributed by atoms with Gasteiger partial charge in [-0.2, -0.15) is 0 Å². The van der Waals surface area contributed by atoms with Gasteiger partial charge in [0, 0.05) is 38.6 Å². The second-order valence-corrected chi connectivity index (χ2v) is 7.30. The first-order valence-electron chi connectivity index (χ1n) is 8.91. The zero-order chi connectivity index (χ0) is 19.3. The highest BCUT2D eigenvalue weighted by molar-refractivity contribution is 5.88. The second kappa shape index (κ2) is 8.33. The fourth-order valence-electron chi connectivity index (χ4n) is 2.75. The molecule has 0 unspecified atom stereocenters. The minimum atomic E-state index is -0.487. The van der Waals surface area contributed by atoms with Crippen LogP contribution in [0.1, 0.15) is 50.9 Å². The summed E-state index contributed by atoms with van der Waals surface area (Å²) < 4.78 is 10.3. The molecule has 0 aromatic carbocycles. The Morgan fingerprint density at radius 1 is 1.23 bits per heavy atom. The monoisotopic (exact) mass is 364 g/mol. The van der Waals surface area contributed by atoms with E-state index in [9.17, 15) is 9.59 Å². The first-order valence-corrected chi connectivity index (χ1v) is 8.91. The lowest BCUT2D eigenvalue weighted by atomic mass is 10.0. The molecule has 1 saturated heterocycles. The summed E-state index contributed by atoms with van der Waals surface area (Å²) in [7, 11) is 1.92. The van der Waals surface area contributed by atoms with Crippen LogP contribution in [0.25, 0.3) is 0 Å². The maximum Gasteiger partial charge on any atom is 0.410 e. The van der Waals surface area contributed by atoms with Crippen molar-refractivity contribution in [3.63, 3.8) is 0 Å². The SMILES string of the molecule is CCOC(=O)c1cnc(N(C)C2CCN(C(=O)OC(C)(C)C)CC2)nc1. The lowest BCUT2D eigenvalue weighted by Crippen LogP contribution is -2.47. The summed E-state index contributed by atoms with van der Waals surface area (Å²) in [6, 6.07) is 0.224. The Labute approximate surface area is 154 Å². The van der Waals surface area contributed by atoms with E-state index in [2.05, 4.69) is 9.97 Å². The third-order valence-electron chi connectivity index (χ3n) is 4.13. The maximum atomic E-state index is 12.1. The molecule has 26 heavy (non-hydrogen) atoms. The third kappa shape index (κ3) is 5.31. The summed E-state index contributed by atoms with van der Waals surface area (Å²) in [5.74, 6) is 0.126. The average molecular weight is 364 g/mol. The number of piperidine rings is 1. The van der Waals surface area contributed by atoms with Crippen LogP contribution in [-0.2, 0) is 9.47 Å². The number of hydrogen-bond donors (Lipinski definition) is 0. The number of carbonyl (C=O) groups excluding carboxylic acids is 2. The number of aromatic nitrogens is 2. The maximum absolute atomic E-state index is 12.1. The molecule has 0 saturated carbocycles. The van der Waals surface area contributed by atoms with Crippen LogP contribution < -0.4 is 4.90 Å². The van der Waals surface area contributed by atoms with E-state index in [-0.39, 0.29) is 12.1 Å². The van der Waals surface area contributed by atoms with Crippen molar-refractivity contribution < 1.29 is 19.1 Å². The van der Waals surface area contributed by atoms with E-state index in [1.165, 1.54) is 12.4 Å². The molecule has 2 heterocycles. The number of hydrogen-bond acceptors (Lipinski definition) is 7. The molecule has 1 aromatic rings. The van der Waals surface area contributed by atoms with E-state index < -0.39 is 11.6 Å². The number of amides is 1. The van der Waals surface area contributed by atoms with E-state index in [1.807, 2.05) is 32.7 Å². The van der Waals surface area contributed by atoms with Crippen molar-refractivity contribution in [2.24, 2.45) is 0 Å². The number of anilines is 1. The van der Waals surface area contributed by atoms with E-state index in [4.69, 9.17) is 9.47 Å². The number of rotatable bonds is 4. The molecule has 144 valence electrons. The summed E-state index contributed by atoms with van der Waals surface area (Å²) in [5, 5.41) is 0. The van der Waals surface area contributed by atoms with E-state index in [0.717, 1.165) is 12.8 Å². The molecule has 1 aliphatic rings. The minimum Gasteiger partial charge on any atom is -0.462 e. The molecule has 0 N–H and O–H groups in total. The fraction of sp³-hybridized carbons (Fsp3) is 0.667. The Morgan fingerprint density at radius 3 is 2.31 bits per heavy atom. The number of carbonyl (C=O) groups is 2. The smallest absolute Gasteiger partial charge is 0.410 e. The summed E-state index contributed by atoms with van der Waals surface area (Å²) in [5.41, 5.74) is -0.150. The van der Waals surface area contributed by atoms with Crippen molar-refractivity contribution in [2.75, 3.05) is 31.6 Å². The van der Waals surface area contributed by atoms with Gasteiger partial charge in [0.05, 0.1) is 12.2 Å². The molecule has 1 aliphatic heterocycles. The van der Waals surface area contributed by atoms with Crippen LogP contribution in [0.15, 0.2) is 12.4 Å². The minimum absolute atomic E-state index is 0.224. The van der Waals surface area contributed by atoms with Gasteiger partial charge >= 0.3 is 12.1 Å². The lowest BCUT2D eigenvalue weighted by Gasteiger charge is -2.37. The van der Waals surface area contributed by atoms with Gasteiger partial charge in [-0.1, -0.05) is 0 Å². The van der Waals surface area contributed by atoms with E-state index >= 15 is 0 Å². The van der Waals surface area contributed by atoms with Crippen LogP contribution in [0.3, 0.4) is 0 Å². The predicted octanol–water partition coefficient (Wildman–Crippen LogP) is 2.49. The van der Waals surface area contributed by atoms with E-state index in [1.54, 1.807) is 11.8 Å². The van der Waals surface area contributed by atoms with Gasteiger partial charge in [-0.25, -0.2) is 19.6 Å². The van der Waals surface area contributed by atoms with Crippen molar-refractivity contribution in [3.05, 3.63) is 18.0 Å². The molecule has 1 aromatic heterocycles. The van der Waals surface area contributed by atoms with Crippen molar-refractivity contribution in [1.82, 2.24) is 14.9 Å². The molecule has 0 aliphatic carbocycles. The highest BCUT2D eigenvalue weighted by atomic mass is 16.6.